The molecule has 3 aromatic carbocycles. The molecule has 7 nitrogen and oxygen atoms in total. The largest absolute Gasteiger partial charge is 0.493 e. The number of nitrogens with one attached hydrogen (secondary N) is 3. The zero-order valence-electron chi connectivity index (χ0n) is 19.9. The van der Waals surface area contributed by atoms with E-state index in [9.17, 15) is 4.79 Å². The van der Waals surface area contributed by atoms with Crippen LogP contribution in [0.1, 0.15) is 48.4 Å². The van der Waals surface area contributed by atoms with Crippen molar-refractivity contribution >= 4 is 17.4 Å². The third-order valence-corrected chi connectivity index (χ3v) is 6.23. The minimum absolute atomic E-state index is 0.00269. The van der Waals surface area contributed by atoms with E-state index in [1.807, 2.05) is 60.7 Å². The lowest BCUT2D eigenvalue weighted by Crippen LogP contribution is -2.39. The van der Waals surface area contributed by atoms with Crippen molar-refractivity contribution in [3.05, 3.63) is 89.5 Å². The van der Waals surface area contributed by atoms with Crippen molar-refractivity contribution in [2.24, 2.45) is 5.73 Å². The number of benzene rings is 3. The first-order valence-electron chi connectivity index (χ1n) is 11.9. The molecule has 0 aromatic heterocycles. The van der Waals surface area contributed by atoms with Gasteiger partial charge in [-0.25, -0.2) is 0 Å². The van der Waals surface area contributed by atoms with Gasteiger partial charge in [-0.1, -0.05) is 49.2 Å². The summed E-state index contributed by atoms with van der Waals surface area (Å²) in [5.41, 5.74) is 8.78. The number of nitrogen functional groups attached to an aromatic ring is 1. The summed E-state index contributed by atoms with van der Waals surface area (Å²) in [6.07, 6.45) is 4.27. The van der Waals surface area contributed by atoms with E-state index in [1.54, 1.807) is 19.2 Å². The van der Waals surface area contributed by atoms with Crippen LogP contribution in [0.25, 0.3) is 0 Å². The van der Waals surface area contributed by atoms with Crippen LogP contribution in [0.4, 0.5) is 5.69 Å². The van der Waals surface area contributed by atoms with Gasteiger partial charge in [-0.15, -0.1) is 0 Å². The van der Waals surface area contributed by atoms with Gasteiger partial charge >= 0.3 is 0 Å². The second-order valence-electron chi connectivity index (χ2n) is 8.74. The first-order valence-corrected chi connectivity index (χ1v) is 11.9. The molecular formula is C28H32N4O3. The van der Waals surface area contributed by atoms with Crippen LogP contribution >= 0.6 is 0 Å². The number of amidine groups is 1. The number of carbonyl (C=O) groups excluding carboxylic acids is 1. The first kappa shape index (κ1) is 24.1. The molecule has 1 aliphatic carbocycles. The molecule has 35 heavy (non-hydrogen) atoms. The number of amides is 1. The lowest BCUT2D eigenvalue weighted by Gasteiger charge is -2.23. The van der Waals surface area contributed by atoms with Crippen molar-refractivity contribution in [2.75, 3.05) is 12.4 Å². The van der Waals surface area contributed by atoms with E-state index in [0.29, 0.717) is 23.7 Å². The number of carbonyl (C=O) groups is 1. The first-order chi connectivity index (χ1) is 17.0. The van der Waals surface area contributed by atoms with Crippen LogP contribution in [0, 0.1) is 5.41 Å². The predicted molar refractivity (Wildman–Crippen MR) is 138 cm³/mol. The molecule has 1 saturated carbocycles. The normalized spacial score (nSPS) is 14.2. The molecule has 182 valence electrons. The van der Waals surface area contributed by atoms with Crippen molar-refractivity contribution in [3.63, 3.8) is 0 Å². The summed E-state index contributed by atoms with van der Waals surface area (Å²) >= 11 is 0. The Morgan fingerprint density at radius 1 is 1.03 bits per heavy atom. The van der Waals surface area contributed by atoms with Crippen molar-refractivity contribution in [1.29, 1.82) is 5.41 Å². The molecule has 0 radical (unpaired) electrons. The van der Waals surface area contributed by atoms with E-state index < -0.39 is 6.04 Å². The number of hydrogen-bond donors (Lipinski definition) is 4. The van der Waals surface area contributed by atoms with E-state index in [1.165, 1.54) is 0 Å². The number of anilines is 1. The molecular weight excluding hydrogens is 440 g/mol. The molecule has 1 atom stereocenters. The summed E-state index contributed by atoms with van der Waals surface area (Å²) in [6.45, 7) is 0.420. The summed E-state index contributed by atoms with van der Waals surface area (Å²) in [4.78, 5) is 13.4. The average molecular weight is 473 g/mol. The number of ether oxygens (including phenoxy) is 2. The molecule has 7 heteroatoms. The highest BCUT2D eigenvalue weighted by Gasteiger charge is 2.26. The van der Waals surface area contributed by atoms with Crippen LogP contribution < -0.4 is 25.8 Å². The molecule has 0 aliphatic heterocycles. The zero-order valence-corrected chi connectivity index (χ0v) is 19.9. The number of nitrogens with two attached hydrogens (primary N) is 1. The van der Waals surface area contributed by atoms with Crippen LogP contribution in [-0.4, -0.2) is 24.9 Å². The van der Waals surface area contributed by atoms with Gasteiger partial charge in [0.15, 0.2) is 11.5 Å². The van der Waals surface area contributed by atoms with Gasteiger partial charge in [0.05, 0.1) is 7.11 Å². The standard InChI is InChI=1S/C28H32N4O3/c1-34-25-17-21(13-16-24(25)35-18-19-7-3-2-4-8-19)26(28(33)32-22-9-5-6-10-22)31-23-14-11-20(12-15-23)27(29)30/h2-4,7-8,11-17,22,26,31H,5-6,9-10,18H2,1H3,(H3,29,30)(H,32,33). The number of rotatable bonds is 10. The summed E-state index contributed by atoms with van der Waals surface area (Å²) in [5.74, 6) is 1.09. The van der Waals surface area contributed by atoms with Crippen molar-refractivity contribution in [1.82, 2.24) is 5.32 Å². The molecule has 0 saturated heterocycles. The summed E-state index contributed by atoms with van der Waals surface area (Å²) in [5, 5.41) is 14.1. The second-order valence-corrected chi connectivity index (χ2v) is 8.74. The Morgan fingerprint density at radius 2 is 1.74 bits per heavy atom. The average Bonchev–Trinajstić information content (AvgIpc) is 3.40. The molecule has 0 spiro atoms. The molecule has 5 N–H and O–H groups in total. The predicted octanol–water partition coefficient (Wildman–Crippen LogP) is 4.77. The highest BCUT2D eigenvalue weighted by molar-refractivity contribution is 5.95. The fourth-order valence-corrected chi connectivity index (χ4v) is 4.29. The minimum atomic E-state index is -0.629. The van der Waals surface area contributed by atoms with Crippen molar-refractivity contribution in [3.8, 4) is 11.5 Å². The van der Waals surface area contributed by atoms with Gasteiger partial charge in [-0.2, -0.15) is 0 Å². The molecule has 0 heterocycles. The maximum atomic E-state index is 13.4. The summed E-state index contributed by atoms with van der Waals surface area (Å²) in [6, 6.07) is 22.2. The van der Waals surface area contributed by atoms with Crippen molar-refractivity contribution < 1.29 is 14.3 Å². The Kier molecular flexibility index (Phi) is 7.88. The van der Waals surface area contributed by atoms with Gasteiger partial charge < -0.3 is 25.8 Å². The topological polar surface area (TPSA) is 109 Å². The van der Waals surface area contributed by atoms with Crippen LogP contribution in [0.3, 0.4) is 0 Å². The van der Waals surface area contributed by atoms with Crippen molar-refractivity contribution in [2.45, 2.75) is 44.4 Å². The fourth-order valence-electron chi connectivity index (χ4n) is 4.29. The fraction of sp³-hybridized carbons (Fsp3) is 0.286. The summed E-state index contributed by atoms with van der Waals surface area (Å²) < 4.78 is 11.6. The summed E-state index contributed by atoms with van der Waals surface area (Å²) in [7, 11) is 1.59. The molecule has 4 rings (SSSR count). The number of hydrogen-bond acceptors (Lipinski definition) is 5. The smallest absolute Gasteiger partial charge is 0.247 e. The molecule has 1 fully saturated rings. The Hall–Kier alpha value is -4.00. The zero-order chi connectivity index (χ0) is 24.6. The van der Waals surface area contributed by atoms with Crippen LogP contribution in [0.5, 0.6) is 11.5 Å². The van der Waals surface area contributed by atoms with Crippen LogP contribution in [0.2, 0.25) is 0 Å². The van der Waals surface area contributed by atoms with Gasteiger partial charge in [0.2, 0.25) is 5.91 Å². The van der Waals surface area contributed by atoms with E-state index in [-0.39, 0.29) is 17.8 Å². The van der Waals surface area contributed by atoms with E-state index in [0.717, 1.165) is 42.5 Å². The second kappa shape index (κ2) is 11.4. The van der Waals surface area contributed by atoms with E-state index >= 15 is 0 Å². The minimum Gasteiger partial charge on any atom is -0.493 e. The van der Waals surface area contributed by atoms with E-state index in [2.05, 4.69) is 10.6 Å². The maximum absolute atomic E-state index is 13.4. The monoisotopic (exact) mass is 472 g/mol. The highest BCUT2D eigenvalue weighted by Crippen LogP contribution is 2.33. The van der Waals surface area contributed by atoms with E-state index in [4.69, 9.17) is 20.6 Å². The van der Waals surface area contributed by atoms with Gasteiger partial charge in [0, 0.05) is 17.3 Å². The van der Waals surface area contributed by atoms with Gasteiger partial charge in [-0.3, -0.25) is 10.2 Å². The van der Waals surface area contributed by atoms with Gasteiger partial charge in [0.1, 0.15) is 18.5 Å². The molecule has 3 aromatic rings. The molecule has 1 unspecified atom stereocenters. The van der Waals surface area contributed by atoms with Gasteiger partial charge in [0.25, 0.3) is 0 Å². The Bertz CT molecular complexity index is 1140. The number of methoxy groups -OCH3 is 1. The van der Waals surface area contributed by atoms with Gasteiger partial charge in [-0.05, 0) is 60.4 Å². The maximum Gasteiger partial charge on any atom is 0.247 e. The third kappa shape index (κ3) is 6.32. The molecule has 1 amide bonds. The lowest BCUT2D eigenvalue weighted by atomic mass is 10.0. The van der Waals surface area contributed by atoms with Crippen LogP contribution in [-0.2, 0) is 11.4 Å². The quantitative estimate of drug-likeness (QED) is 0.251. The Labute approximate surface area is 206 Å². The highest BCUT2D eigenvalue weighted by atomic mass is 16.5. The Balaban J connectivity index is 1.56. The third-order valence-electron chi connectivity index (χ3n) is 6.23. The molecule has 0 bridgehead atoms. The van der Waals surface area contributed by atoms with Crippen LogP contribution in [0.15, 0.2) is 72.8 Å². The Morgan fingerprint density at radius 3 is 2.40 bits per heavy atom. The SMILES string of the molecule is COc1cc(C(Nc2ccc(C(=N)N)cc2)C(=O)NC2CCCC2)ccc1OCc1ccccc1. The lowest BCUT2D eigenvalue weighted by molar-refractivity contribution is -0.122. The molecule has 1 aliphatic rings.